The van der Waals surface area contributed by atoms with E-state index in [4.69, 9.17) is 0 Å². The fraction of sp³-hybridized carbons (Fsp3) is 0.286. The molecule has 0 atom stereocenters. The van der Waals surface area contributed by atoms with E-state index < -0.39 is 0 Å². The standard InChI is InChI=1S/C14H16N2O/c1-10(2)16-8-14(11(3)15-16)13-6-4-5-12(7-13)9-17/h4-10H,1-3H3. The Morgan fingerprint density at radius 1 is 1.35 bits per heavy atom. The van der Waals surface area contributed by atoms with Crippen LogP contribution in [0.1, 0.15) is 35.9 Å². The first-order valence-corrected chi connectivity index (χ1v) is 5.73. The minimum absolute atomic E-state index is 0.344. The second-order valence-electron chi connectivity index (χ2n) is 4.45. The number of carbonyl (C=O) groups is 1. The van der Waals surface area contributed by atoms with Crippen LogP contribution < -0.4 is 0 Å². The number of aryl methyl sites for hydroxylation is 1. The Kier molecular flexibility index (Phi) is 3.09. The first-order chi connectivity index (χ1) is 8.11. The summed E-state index contributed by atoms with van der Waals surface area (Å²) < 4.78 is 1.94. The molecule has 0 radical (unpaired) electrons. The second kappa shape index (κ2) is 4.53. The van der Waals surface area contributed by atoms with Gasteiger partial charge in [-0.15, -0.1) is 0 Å². The summed E-state index contributed by atoms with van der Waals surface area (Å²) in [6, 6.07) is 7.93. The molecule has 1 aromatic heterocycles. The van der Waals surface area contributed by atoms with Crippen molar-refractivity contribution in [1.82, 2.24) is 9.78 Å². The fourth-order valence-corrected chi connectivity index (χ4v) is 1.81. The third kappa shape index (κ3) is 2.28. The van der Waals surface area contributed by atoms with E-state index in [1.54, 1.807) is 6.07 Å². The summed E-state index contributed by atoms with van der Waals surface area (Å²) in [5, 5.41) is 4.47. The SMILES string of the molecule is Cc1nn(C(C)C)cc1-c1cccc(C=O)c1. The van der Waals surface area contributed by atoms with Gasteiger partial charge in [-0.25, -0.2) is 0 Å². The number of carbonyl (C=O) groups excluding carboxylic acids is 1. The van der Waals surface area contributed by atoms with Gasteiger partial charge in [0.05, 0.1) is 5.69 Å². The molecule has 0 aliphatic rings. The van der Waals surface area contributed by atoms with Gasteiger partial charge in [-0.05, 0) is 32.4 Å². The zero-order valence-corrected chi connectivity index (χ0v) is 10.3. The molecule has 0 bridgehead atoms. The maximum atomic E-state index is 10.8. The minimum atomic E-state index is 0.344. The van der Waals surface area contributed by atoms with Gasteiger partial charge in [0.1, 0.15) is 6.29 Å². The van der Waals surface area contributed by atoms with Crippen LogP contribution in [0.15, 0.2) is 30.5 Å². The first-order valence-electron chi connectivity index (χ1n) is 5.73. The summed E-state index contributed by atoms with van der Waals surface area (Å²) >= 11 is 0. The molecule has 3 nitrogen and oxygen atoms in total. The highest BCUT2D eigenvalue weighted by atomic mass is 16.1. The molecule has 0 spiro atoms. The quantitative estimate of drug-likeness (QED) is 0.756. The fourth-order valence-electron chi connectivity index (χ4n) is 1.81. The van der Waals surface area contributed by atoms with Gasteiger partial charge in [0.2, 0.25) is 0 Å². The van der Waals surface area contributed by atoms with E-state index in [1.165, 1.54) is 0 Å². The number of aromatic nitrogens is 2. The van der Waals surface area contributed by atoms with Crippen molar-refractivity contribution in [1.29, 1.82) is 0 Å². The monoisotopic (exact) mass is 228 g/mol. The number of benzene rings is 1. The van der Waals surface area contributed by atoms with E-state index >= 15 is 0 Å². The normalized spacial score (nSPS) is 10.8. The number of nitrogens with zero attached hydrogens (tertiary/aromatic N) is 2. The topological polar surface area (TPSA) is 34.9 Å². The van der Waals surface area contributed by atoms with E-state index in [2.05, 4.69) is 18.9 Å². The number of hydrogen-bond donors (Lipinski definition) is 0. The lowest BCUT2D eigenvalue weighted by Crippen LogP contribution is -2.00. The molecule has 0 N–H and O–H groups in total. The molecule has 0 fully saturated rings. The molecule has 88 valence electrons. The highest BCUT2D eigenvalue weighted by Gasteiger charge is 2.09. The third-order valence-electron chi connectivity index (χ3n) is 2.78. The molecule has 0 unspecified atom stereocenters. The summed E-state index contributed by atoms with van der Waals surface area (Å²) in [5.74, 6) is 0. The Balaban J connectivity index is 2.48. The Hall–Kier alpha value is -1.90. The highest BCUT2D eigenvalue weighted by Crippen LogP contribution is 2.24. The average Bonchev–Trinajstić information content (AvgIpc) is 2.72. The Morgan fingerprint density at radius 2 is 2.12 bits per heavy atom. The van der Waals surface area contributed by atoms with Crippen molar-refractivity contribution in [3.8, 4) is 11.1 Å². The molecular formula is C14H16N2O. The summed E-state index contributed by atoms with van der Waals surface area (Å²) in [7, 11) is 0. The Morgan fingerprint density at radius 3 is 2.71 bits per heavy atom. The van der Waals surface area contributed by atoms with Gasteiger partial charge in [-0.2, -0.15) is 5.10 Å². The molecule has 0 saturated carbocycles. The summed E-state index contributed by atoms with van der Waals surface area (Å²) in [6.07, 6.45) is 2.90. The van der Waals surface area contributed by atoms with Crippen LogP contribution in [-0.4, -0.2) is 16.1 Å². The van der Waals surface area contributed by atoms with E-state index in [1.807, 2.05) is 36.0 Å². The predicted molar refractivity (Wildman–Crippen MR) is 68.2 cm³/mol. The Bertz CT molecular complexity index is 541. The van der Waals surface area contributed by atoms with Crippen molar-refractivity contribution in [2.45, 2.75) is 26.8 Å². The molecule has 1 aromatic carbocycles. The van der Waals surface area contributed by atoms with Crippen molar-refractivity contribution >= 4 is 6.29 Å². The lowest BCUT2D eigenvalue weighted by molar-refractivity contribution is 0.112. The highest BCUT2D eigenvalue weighted by molar-refractivity contribution is 5.79. The largest absolute Gasteiger partial charge is 0.298 e. The van der Waals surface area contributed by atoms with Crippen LogP contribution in [0.2, 0.25) is 0 Å². The van der Waals surface area contributed by atoms with Crippen molar-refractivity contribution in [2.75, 3.05) is 0 Å². The average molecular weight is 228 g/mol. The van der Waals surface area contributed by atoms with Crippen LogP contribution in [0, 0.1) is 6.92 Å². The van der Waals surface area contributed by atoms with Gasteiger partial charge in [0, 0.05) is 23.4 Å². The second-order valence-corrected chi connectivity index (χ2v) is 4.45. The van der Waals surface area contributed by atoms with E-state index in [9.17, 15) is 4.79 Å². The molecule has 0 amide bonds. The van der Waals surface area contributed by atoms with Crippen LogP contribution in [0.5, 0.6) is 0 Å². The van der Waals surface area contributed by atoms with Crippen molar-refractivity contribution in [3.05, 3.63) is 41.7 Å². The predicted octanol–water partition coefficient (Wildman–Crippen LogP) is 3.25. The first kappa shape index (κ1) is 11.6. The van der Waals surface area contributed by atoms with Gasteiger partial charge in [-0.1, -0.05) is 18.2 Å². The molecule has 0 saturated heterocycles. The molecule has 2 rings (SSSR count). The van der Waals surface area contributed by atoms with Crippen molar-refractivity contribution in [3.63, 3.8) is 0 Å². The smallest absolute Gasteiger partial charge is 0.150 e. The van der Waals surface area contributed by atoms with E-state index in [0.717, 1.165) is 23.1 Å². The Labute approximate surface area is 101 Å². The molecule has 0 aliphatic heterocycles. The van der Waals surface area contributed by atoms with Crippen LogP contribution >= 0.6 is 0 Å². The summed E-state index contributed by atoms with van der Waals surface area (Å²) in [6.45, 7) is 6.18. The summed E-state index contributed by atoms with van der Waals surface area (Å²) in [5.41, 5.74) is 3.81. The maximum absolute atomic E-state index is 10.8. The van der Waals surface area contributed by atoms with Crippen LogP contribution in [0.3, 0.4) is 0 Å². The minimum Gasteiger partial charge on any atom is -0.298 e. The van der Waals surface area contributed by atoms with Crippen molar-refractivity contribution < 1.29 is 4.79 Å². The maximum Gasteiger partial charge on any atom is 0.150 e. The van der Waals surface area contributed by atoms with Crippen LogP contribution in [-0.2, 0) is 0 Å². The molecule has 1 heterocycles. The number of rotatable bonds is 3. The molecule has 0 aliphatic carbocycles. The third-order valence-corrected chi connectivity index (χ3v) is 2.78. The van der Waals surface area contributed by atoms with E-state index in [0.29, 0.717) is 11.6 Å². The number of hydrogen-bond acceptors (Lipinski definition) is 2. The molecule has 17 heavy (non-hydrogen) atoms. The lowest BCUT2D eigenvalue weighted by atomic mass is 10.0. The number of aldehydes is 1. The molecule has 2 aromatic rings. The van der Waals surface area contributed by atoms with Gasteiger partial charge >= 0.3 is 0 Å². The lowest BCUT2D eigenvalue weighted by Gasteiger charge is -2.03. The summed E-state index contributed by atoms with van der Waals surface area (Å²) in [4.78, 5) is 10.8. The van der Waals surface area contributed by atoms with Crippen LogP contribution in [0.25, 0.3) is 11.1 Å². The van der Waals surface area contributed by atoms with E-state index in [-0.39, 0.29) is 0 Å². The van der Waals surface area contributed by atoms with Gasteiger partial charge in [0.25, 0.3) is 0 Å². The van der Waals surface area contributed by atoms with Gasteiger partial charge in [0.15, 0.2) is 0 Å². The van der Waals surface area contributed by atoms with Crippen LogP contribution in [0.4, 0.5) is 0 Å². The zero-order chi connectivity index (χ0) is 12.4. The molecule has 3 heteroatoms. The van der Waals surface area contributed by atoms with Gasteiger partial charge < -0.3 is 0 Å². The van der Waals surface area contributed by atoms with Crippen molar-refractivity contribution in [2.24, 2.45) is 0 Å². The molecular weight excluding hydrogens is 212 g/mol. The van der Waals surface area contributed by atoms with Gasteiger partial charge in [-0.3, -0.25) is 9.48 Å². The zero-order valence-electron chi connectivity index (χ0n) is 10.3.